The molecule has 8 heteroatoms. The fraction of sp³-hybridized carbons (Fsp3) is 0.100. The first-order valence-electron chi connectivity index (χ1n) is 8.22. The molecule has 6 nitrogen and oxygen atoms in total. The van der Waals surface area contributed by atoms with Crippen molar-refractivity contribution >= 4 is 46.0 Å². The molecule has 1 aliphatic heterocycles. The molecule has 138 valence electrons. The van der Waals surface area contributed by atoms with Crippen LogP contribution in [-0.2, 0) is 4.79 Å². The lowest BCUT2D eigenvalue weighted by atomic mass is 9.95. The standard InChI is InChI=1S/C20H11Cl2N3O3/c21-12-2-4-17-10(6-12)5-11(9-28-17)18(26)15(8-23)19-24-16-7-13(22)1-3-14(16)20(27)25-19/h1-7,15H,9H2,(H,24,25,27)/t15-/m0/s1. The number of ketones is 1. The summed E-state index contributed by atoms with van der Waals surface area (Å²) in [6.45, 7) is 0.00921. The number of aromatic amines is 1. The maximum atomic E-state index is 12.9. The molecule has 0 unspecified atom stereocenters. The van der Waals surface area contributed by atoms with E-state index in [1.165, 1.54) is 12.1 Å². The van der Waals surface area contributed by atoms with Crippen molar-refractivity contribution < 1.29 is 9.53 Å². The predicted molar refractivity (Wildman–Crippen MR) is 106 cm³/mol. The molecule has 0 spiro atoms. The van der Waals surface area contributed by atoms with Gasteiger partial charge in [0.15, 0.2) is 11.7 Å². The van der Waals surface area contributed by atoms with E-state index < -0.39 is 17.3 Å². The van der Waals surface area contributed by atoms with E-state index in [4.69, 9.17) is 27.9 Å². The molecule has 2 aromatic carbocycles. The maximum absolute atomic E-state index is 12.9. The van der Waals surface area contributed by atoms with Crippen LogP contribution in [0.3, 0.4) is 0 Å². The van der Waals surface area contributed by atoms with E-state index >= 15 is 0 Å². The number of nitriles is 1. The topological polar surface area (TPSA) is 95.8 Å². The number of nitrogens with zero attached hydrogens (tertiary/aromatic N) is 2. The Hall–Kier alpha value is -3.14. The Morgan fingerprint density at radius 3 is 2.75 bits per heavy atom. The second kappa shape index (κ2) is 7.12. The van der Waals surface area contributed by atoms with E-state index in [0.717, 1.165) is 0 Å². The summed E-state index contributed by atoms with van der Waals surface area (Å²) >= 11 is 12.0. The van der Waals surface area contributed by atoms with E-state index in [1.54, 1.807) is 30.3 Å². The fourth-order valence-corrected chi connectivity index (χ4v) is 3.33. The molecule has 0 bridgehead atoms. The van der Waals surface area contributed by atoms with Crippen LogP contribution >= 0.6 is 23.2 Å². The SMILES string of the molecule is N#C[C@@H](C(=O)C1=Cc2cc(Cl)ccc2OC1)c1nc2cc(Cl)ccc2c(=O)[nH]1. The van der Waals surface area contributed by atoms with Gasteiger partial charge in [-0.3, -0.25) is 9.59 Å². The summed E-state index contributed by atoms with van der Waals surface area (Å²) in [5.74, 6) is -1.23. The number of Topliss-reactive ketones (excluding diaryl/α,β-unsaturated/α-hetero) is 1. The van der Waals surface area contributed by atoms with Gasteiger partial charge in [0.2, 0.25) is 0 Å². The second-order valence-electron chi connectivity index (χ2n) is 6.18. The van der Waals surface area contributed by atoms with E-state index in [-0.39, 0.29) is 18.0 Å². The smallest absolute Gasteiger partial charge is 0.258 e. The van der Waals surface area contributed by atoms with Gasteiger partial charge in [0.1, 0.15) is 18.2 Å². The van der Waals surface area contributed by atoms with Crippen LogP contribution in [0.4, 0.5) is 0 Å². The van der Waals surface area contributed by atoms with Gasteiger partial charge < -0.3 is 9.72 Å². The fourth-order valence-electron chi connectivity index (χ4n) is 2.99. The first-order valence-corrected chi connectivity index (χ1v) is 8.98. The zero-order valence-electron chi connectivity index (χ0n) is 14.2. The molecule has 2 heterocycles. The number of H-pyrrole nitrogens is 1. The normalized spacial score (nSPS) is 13.8. The van der Waals surface area contributed by atoms with E-state index in [1.807, 2.05) is 6.07 Å². The Balaban J connectivity index is 1.75. The number of hydrogen-bond donors (Lipinski definition) is 1. The molecule has 0 amide bonds. The molecule has 1 N–H and O–H groups in total. The van der Waals surface area contributed by atoms with E-state index in [2.05, 4.69) is 9.97 Å². The number of fused-ring (bicyclic) bond motifs is 2. The first kappa shape index (κ1) is 18.2. The number of aromatic nitrogens is 2. The lowest BCUT2D eigenvalue weighted by Crippen LogP contribution is -2.24. The van der Waals surface area contributed by atoms with E-state index in [0.29, 0.717) is 32.3 Å². The summed E-state index contributed by atoms with van der Waals surface area (Å²) in [5, 5.41) is 10.8. The van der Waals surface area contributed by atoms with Gasteiger partial charge in [0, 0.05) is 21.2 Å². The average Bonchev–Trinajstić information content (AvgIpc) is 2.67. The summed E-state index contributed by atoms with van der Waals surface area (Å²) in [4.78, 5) is 32.1. The third-order valence-corrected chi connectivity index (χ3v) is 4.82. The molecule has 3 aromatic rings. The van der Waals surface area contributed by atoms with Crippen LogP contribution in [0.25, 0.3) is 17.0 Å². The summed E-state index contributed by atoms with van der Waals surface area (Å²) < 4.78 is 5.59. The third-order valence-electron chi connectivity index (χ3n) is 4.35. The van der Waals surface area contributed by atoms with Crippen molar-refractivity contribution in [1.82, 2.24) is 9.97 Å². The predicted octanol–water partition coefficient (Wildman–Crippen LogP) is 3.88. The van der Waals surface area contributed by atoms with Crippen LogP contribution in [0.15, 0.2) is 46.8 Å². The van der Waals surface area contributed by atoms with Crippen molar-refractivity contribution in [3.8, 4) is 11.8 Å². The summed E-state index contributed by atoms with van der Waals surface area (Å²) in [5.41, 5.74) is 0.793. The van der Waals surface area contributed by atoms with Gasteiger partial charge in [-0.2, -0.15) is 5.26 Å². The van der Waals surface area contributed by atoms with Gasteiger partial charge in [0.05, 0.1) is 17.0 Å². The van der Waals surface area contributed by atoms with Crippen LogP contribution in [-0.4, -0.2) is 22.4 Å². The highest BCUT2D eigenvalue weighted by molar-refractivity contribution is 6.31. The van der Waals surface area contributed by atoms with Gasteiger partial charge in [-0.05, 0) is 42.5 Å². The highest BCUT2D eigenvalue weighted by Crippen LogP contribution is 2.31. The van der Waals surface area contributed by atoms with E-state index in [9.17, 15) is 14.9 Å². The minimum atomic E-state index is -1.29. The number of nitrogens with one attached hydrogen (secondary N) is 1. The first-order chi connectivity index (χ1) is 13.5. The summed E-state index contributed by atoms with van der Waals surface area (Å²) in [7, 11) is 0. The molecule has 0 radical (unpaired) electrons. The number of carbonyl (C=O) groups is 1. The number of hydrogen-bond acceptors (Lipinski definition) is 5. The van der Waals surface area contributed by atoms with Crippen molar-refractivity contribution in [2.24, 2.45) is 0 Å². The Bertz CT molecular complexity index is 1260. The molecular weight excluding hydrogens is 401 g/mol. The lowest BCUT2D eigenvalue weighted by Gasteiger charge is -2.18. The average molecular weight is 412 g/mol. The molecule has 1 aliphatic rings. The zero-order valence-corrected chi connectivity index (χ0v) is 15.7. The monoisotopic (exact) mass is 411 g/mol. The zero-order chi connectivity index (χ0) is 19.8. The maximum Gasteiger partial charge on any atom is 0.258 e. The molecule has 1 aromatic heterocycles. The summed E-state index contributed by atoms with van der Waals surface area (Å²) in [6.07, 6.45) is 1.63. The van der Waals surface area contributed by atoms with Crippen molar-refractivity contribution in [3.63, 3.8) is 0 Å². The van der Waals surface area contributed by atoms with Crippen molar-refractivity contribution in [2.75, 3.05) is 6.61 Å². The van der Waals surface area contributed by atoms with Crippen molar-refractivity contribution in [1.29, 1.82) is 5.26 Å². The minimum Gasteiger partial charge on any atom is -0.488 e. The van der Waals surface area contributed by atoms with Gasteiger partial charge in [-0.15, -0.1) is 0 Å². The molecule has 1 atom stereocenters. The number of halogens is 2. The van der Waals surface area contributed by atoms with Crippen LogP contribution in [0.2, 0.25) is 10.0 Å². The van der Waals surface area contributed by atoms with Crippen LogP contribution < -0.4 is 10.3 Å². The van der Waals surface area contributed by atoms with Gasteiger partial charge in [-0.25, -0.2) is 4.98 Å². The van der Waals surface area contributed by atoms with Crippen molar-refractivity contribution in [2.45, 2.75) is 5.92 Å². The molecule has 28 heavy (non-hydrogen) atoms. The molecule has 4 rings (SSSR count). The Morgan fingerprint density at radius 2 is 1.96 bits per heavy atom. The molecule has 0 saturated heterocycles. The quantitative estimate of drug-likeness (QED) is 0.705. The van der Waals surface area contributed by atoms with Crippen molar-refractivity contribution in [3.05, 3.63) is 73.8 Å². The Morgan fingerprint density at radius 1 is 1.21 bits per heavy atom. The number of benzene rings is 2. The highest BCUT2D eigenvalue weighted by Gasteiger charge is 2.28. The Kier molecular flexibility index (Phi) is 4.63. The molecule has 0 saturated carbocycles. The largest absolute Gasteiger partial charge is 0.488 e. The Labute approximate surface area is 169 Å². The van der Waals surface area contributed by atoms with Gasteiger partial charge in [-0.1, -0.05) is 23.2 Å². The number of carbonyl (C=O) groups excluding carboxylic acids is 1. The number of ether oxygens (including phenoxy) is 1. The second-order valence-corrected chi connectivity index (χ2v) is 7.05. The highest BCUT2D eigenvalue weighted by atomic mass is 35.5. The van der Waals surface area contributed by atoms with Crippen LogP contribution in [0.1, 0.15) is 17.3 Å². The van der Waals surface area contributed by atoms with Gasteiger partial charge in [0.25, 0.3) is 5.56 Å². The van der Waals surface area contributed by atoms with Gasteiger partial charge >= 0.3 is 0 Å². The summed E-state index contributed by atoms with van der Waals surface area (Å²) in [6, 6.07) is 11.6. The van der Waals surface area contributed by atoms with Crippen LogP contribution in [0, 0.1) is 11.3 Å². The van der Waals surface area contributed by atoms with Crippen LogP contribution in [0.5, 0.6) is 5.75 Å². The number of rotatable bonds is 3. The molecule has 0 aliphatic carbocycles. The lowest BCUT2D eigenvalue weighted by molar-refractivity contribution is -0.116. The minimum absolute atomic E-state index is 0.00921. The molecule has 0 fully saturated rings. The molecular formula is C20H11Cl2N3O3. The third kappa shape index (κ3) is 3.26.